The normalized spacial score (nSPS) is 18.2. The van der Waals surface area contributed by atoms with Crippen molar-refractivity contribution >= 4 is 33.9 Å². The van der Waals surface area contributed by atoms with Crippen molar-refractivity contribution in [2.45, 2.75) is 12.5 Å². The first-order chi connectivity index (χ1) is 10.7. The van der Waals surface area contributed by atoms with Crippen LogP contribution in [0.5, 0.6) is 0 Å². The van der Waals surface area contributed by atoms with E-state index in [-0.39, 0.29) is 6.10 Å². The van der Waals surface area contributed by atoms with Crippen molar-refractivity contribution in [2.75, 3.05) is 18.0 Å². The number of pyridine rings is 1. The van der Waals surface area contributed by atoms with E-state index in [1.54, 1.807) is 18.7 Å². The van der Waals surface area contributed by atoms with E-state index in [1.165, 1.54) is 0 Å². The van der Waals surface area contributed by atoms with Gasteiger partial charge in [-0.05, 0) is 6.07 Å². The molecule has 0 radical (unpaired) electrons. The first-order valence-electron chi connectivity index (χ1n) is 6.93. The van der Waals surface area contributed by atoms with Crippen molar-refractivity contribution in [1.29, 1.82) is 0 Å². The predicted molar refractivity (Wildman–Crippen MR) is 78.9 cm³/mol. The van der Waals surface area contributed by atoms with Crippen LogP contribution in [0.3, 0.4) is 0 Å². The Morgan fingerprint density at radius 3 is 3.18 bits per heavy atom. The summed E-state index contributed by atoms with van der Waals surface area (Å²) in [4.78, 5) is 28.8. The number of H-pyrrole nitrogens is 1. The topological polar surface area (TPSA) is 104 Å². The van der Waals surface area contributed by atoms with Gasteiger partial charge in [0.25, 0.3) is 0 Å². The molecule has 1 unspecified atom stereocenters. The number of aromatic amines is 1. The molecule has 0 saturated carbocycles. The molecule has 22 heavy (non-hydrogen) atoms. The minimum absolute atomic E-state index is 0.325. The summed E-state index contributed by atoms with van der Waals surface area (Å²) in [5, 5.41) is 10.6. The molecule has 0 bridgehead atoms. The average Bonchev–Trinajstić information content (AvgIpc) is 3.14. The van der Waals surface area contributed by atoms with Gasteiger partial charge in [0, 0.05) is 24.5 Å². The summed E-state index contributed by atoms with van der Waals surface area (Å²) in [6.45, 7) is 1.19. The first-order valence-corrected chi connectivity index (χ1v) is 6.93. The molecule has 8 nitrogen and oxygen atoms in total. The van der Waals surface area contributed by atoms with Crippen LogP contribution >= 0.6 is 0 Å². The number of carbonyl (C=O) groups is 1. The standard InChI is InChI=1S/C14H13N5O3/c20-14(21)22-8-2-4-19(6-8)13-11-9-1-3-15-12(9)16-5-10(11)17-7-18-13/h1,3,5,7-8H,2,4,6H2,(H,17,18)(H,20,21). The Bertz CT molecular complexity index is 862. The summed E-state index contributed by atoms with van der Waals surface area (Å²) in [5.41, 5.74) is 1.54. The molecule has 4 rings (SSSR count). The molecular formula is C14H13N5O3. The summed E-state index contributed by atoms with van der Waals surface area (Å²) in [7, 11) is 0. The highest BCUT2D eigenvalue weighted by molar-refractivity contribution is 6.08. The maximum Gasteiger partial charge on any atom is 0.506 e. The lowest BCUT2D eigenvalue weighted by atomic mass is 10.2. The van der Waals surface area contributed by atoms with E-state index in [0.717, 1.165) is 22.1 Å². The van der Waals surface area contributed by atoms with Crippen LogP contribution in [-0.2, 0) is 4.74 Å². The van der Waals surface area contributed by atoms with Gasteiger partial charge in [0.1, 0.15) is 11.9 Å². The number of ether oxygens (including phenoxy) is 1. The molecule has 4 heterocycles. The second-order valence-electron chi connectivity index (χ2n) is 5.20. The van der Waals surface area contributed by atoms with Crippen molar-refractivity contribution in [2.24, 2.45) is 0 Å². The minimum atomic E-state index is -1.24. The number of rotatable bonds is 2. The Balaban J connectivity index is 1.79. The van der Waals surface area contributed by atoms with Gasteiger partial charge in [0.15, 0.2) is 5.65 Å². The summed E-state index contributed by atoms with van der Waals surface area (Å²) < 4.78 is 4.86. The van der Waals surface area contributed by atoms with Gasteiger partial charge in [-0.3, -0.25) is 0 Å². The van der Waals surface area contributed by atoms with Crippen LogP contribution in [0.4, 0.5) is 10.6 Å². The Morgan fingerprint density at radius 1 is 1.41 bits per heavy atom. The largest absolute Gasteiger partial charge is 0.506 e. The zero-order chi connectivity index (χ0) is 15.1. The number of nitrogens with one attached hydrogen (secondary N) is 1. The average molecular weight is 299 g/mol. The van der Waals surface area contributed by atoms with E-state index in [4.69, 9.17) is 9.84 Å². The maximum absolute atomic E-state index is 10.7. The zero-order valence-electron chi connectivity index (χ0n) is 11.6. The fourth-order valence-corrected chi connectivity index (χ4v) is 2.94. The fraction of sp³-hybridized carbons (Fsp3) is 0.286. The van der Waals surface area contributed by atoms with Crippen molar-refractivity contribution in [3.63, 3.8) is 0 Å². The number of fused-ring (bicyclic) bond motifs is 3. The highest BCUT2D eigenvalue weighted by Gasteiger charge is 2.28. The van der Waals surface area contributed by atoms with Gasteiger partial charge >= 0.3 is 6.16 Å². The maximum atomic E-state index is 10.7. The predicted octanol–water partition coefficient (Wildman–Crippen LogP) is 1.78. The van der Waals surface area contributed by atoms with E-state index >= 15 is 0 Å². The van der Waals surface area contributed by atoms with Crippen LogP contribution in [0.2, 0.25) is 0 Å². The molecule has 112 valence electrons. The van der Waals surface area contributed by atoms with Crippen LogP contribution in [0, 0.1) is 0 Å². The highest BCUT2D eigenvalue weighted by atomic mass is 16.7. The third kappa shape index (κ3) is 2.00. The summed E-state index contributed by atoms with van der Waals surface area (Å²) >= 11 is 0. The Kier molecular flexibility index (Phi) is 2.81. The Hall–Kier alpha value is -2.90. The van der Waals surface area contributed by atoms with Gasteiger partial charge in [0.05, 0.1) is 30.0 Å². The molecule has 8 heteroatoms. The van der Waals surface area contributed by atoms with Crippen molar-refractivity contribution in [3.05, 3.63) is 24.8 Å². The van der Waals surface area contributed by atoms with Crippen LogP contribution < -0.4 is 4.90 Å². The Morgan fingerprint density at radius 2 is 2.32 bits per heavy atom. The van der Waals surface area contributed by atoms with Crippen molar-refractivity contribution < 1.29 is 14.6 Å². The number of hydrogen-bond donors (Lipinski definition) is 2. The van der Waals surface area contributed by atoms with Crippen LogP contribution in [0.25, 0.3) is 21.9 Å². The zero-order valence-corrected chi connectivity index (χ0v) is 11.6. The molecule has 0 aliphatic carbocycles. The van der Waals surface area contributed by atoms with Gasteiger partial charge in [-0.25, -0.2) is 19.7 Å². The molecule has 1 aliphatic rings. The number of carboxylic acid groups (broad SMARTS) is 1. The fourth-order valence-electron chi connectivity index (χ4n) is 2.94. The van der Waals surface area contributed by atoms with Gasteiger partial charge in [0.2, 0.25) is 0 Å². The molecule has 1 aliphatic heterocycles. The van der Waals surface area contributed by atoms with E-state index < -0.39 is 6.16 Å². The van der Waals surface area contributed by atoms with E-state index in [2.05, 4.69) is 19.9 Å². The lowest BCUT2D eigenvalue weighted by molar-refractivity contribution is 0.0602. The lowest BCUT2D eigenvalue weighted by Gasteiger charge is -2.19. The Labute approximate surface area is 124 Å². The molecule has 0 spiro atoms. The summed E-state index contributed by atoms with van der Waals surface area (Å²) in [6, 6.07) is 1.91. The number of hydrogen-bond acceptors (Lipinski definition) is 6. The molecule has 1 atom stereocenters. The molecular weight excluding hydrogens is 286 g/mol. The van der Waals surface area contributed by atoms with Crippen molar-refractivity contribution in [3.8, 4) is 0 Å². The molecule has 3 aromatic rings. The third-order valence-corrected chi connectivity index (χ3v) is 3.88. The number of anilines is 1. The summed E-state index contributed by atoms with van der Waals surface area (Å²) in [5.74, 6) is 0.797. The molecule has 1 fully saturated rings. The van der Waals surface area contributed by atoms with Crippen LogP contribution in [0.15, 0.2) is 24.8 Å². The van der Waals surface area contributed by atoms with E-state index in [1.807, 2.05) is 11.0 Å². The van der Waals surface area contributed by atoms with Gasteiger partial charge in [-0.15, -0.1) is 0 Å². The molecule has 1 saturated heterocycles. The molecule has 2 N–H and O–H groups in total. The number of nitrogens with zero attached hydrogens (tertiary/aromatic N) is 4. The monoisotopic (exact) mass is 299 g/mol. The van der Waals surface area contributed by atoms with Gasteiger partial charge < -0.3 is 19.7 Å². The lowest BCUT2D eigenvalue weighted by Crippen LogP contribution is -2.25. The molecule has 3 aromatic heterocycles. The second kappa shape index (κ2) is 4.83. The second-order valence-corrected chi connectivity index (χ2v) is 5.20. The molecule has 0 aromatic carbocycles. The minimum Gasteiger partial charge on any atom is -0.450 e. The van der Waals surface area contributed by atoms with Gasteiger partial charge in [-0.1, -0.05) is 0 Å². The first kappa shape index (κ1) is 12.8. The van der Waals surface area contributed by atoms with Crippen LogP contribution in [-0.4, -0.2) is 50.4 Å². The van der Waals surface area contributed by atoms with E-state index in [0.29, 0.717) is 25.2 Å². The molecule has 0 amide bonds. The highest BCUT2D eigenvalue weighted by Crippen LogP contribution is 2.31. The van der Waals surface area contributed by atoms with E-state index in [9.17, 15) is 4.79 Å². The SMILES string of the molecule is O=C(O)OC1CCN(c2nc[nH]c3cnc4nccc4c23)C1. The quantitative estimate of drug-likeness (QED) is 0.695. The van der Waals surface area contributed by atoms with Crippen LogP contribution in [0.1, 0.15) is 6.42 Å². The van der Waals surface area contributed by atoms with Crippen molar-refractivity contribution in [1.82, 2.24) is 19.9 Å². The van der Waals surface area contributed by atoms with Gasteiger partial charge in [-0.2, -0.15) is 0 Å². The third-order valence-electron chi connectivity index (χ3n) is 3.88. The number of aromatic nitrogens is 4. The smallest absolute Gasteiger partial charge is 0.450 e. The summed E-state index contributed by atoms with van der Waals surface area (Å²) in [6.07, 6.45) is 4.16.